The third-order valence-electron chi connectivity index (χ3n) is 4.36. The Morgan fingerprint density at radius 3 is 2.62 bits per heavy atom. The Morgan fingerprint density at radius 1 is 1.23 bits per heavy atom. The molecular formula is C16H14ClFN2O6. The van der Waals surface area contributed by atoms with E-state index in [0.29, 0.717) is 10.6 Å². The van der Waals surface area contributed by atoms with Gasteiger partial charge in [0.25, 0.3) is 11.4 Å². The third kappa shape index (κ3) is 2.78. The molecule has 1 aromatic heterocycles. The predicted octanol–water partition coefficient (Wildman–Crippen LogP) is 0.860. The Kier molecular flexibility index (Phi) is 4.20. The van der Waals surface area contributed by atoms with Gasteiger partial charge in [0, 0.05) is 22.8 Å². The highest BCUT2D eigenvalue weighted by Crippen LogP contribution is 2.48. The Hall–Kier alpha value is -2.04. The standard InChI is InChI=1S/C16H14ClFN2O6/c17-9-3-1-8(2-4-9)14-24-11-12(25-14)16(18,7-21)26-13(11)20-6-5-10(22)19-15(20)23/h1-6,11-14,21H,7H2,(H,19,22,23)/t11-,12+,13-,14?,16-/m1/s1. The van der Waals surface area contributed by atoms with E-state index in [1.54, 1.807) is 24.3 Å². The van der Waals surface area contributed by atoms with E-state index < -0.39 is 48.4 Å². The summed E-state index contributed by atoms with van der Waals surface area (Å²) in [6, 6.07) is 7.69. The quantitative estimate of drug-likeness (QED) is 0.813. The molecule has 2 N–H and O–H groups in total. The molecule has 1 unspecified atom stereocenters. The normalized spacial score (nSPS) is 33.3. The Balaban J connectivity index is 1.69. The number of hydrogen-bond donors (Lipinski definition) is 2. The lowest BCUT2D eigenvalue weighted by molar-refractivity contribution is -0.244. The van der Waals surface area contributed by atoms with Gasteiger partial charge in [-0.15, -0.1) is 0 Å². The first kappa shape index (κ1) is 17.4. The minimum atomic E-state index is -2.56. The molecule has 10 heteroatoms. The van der Waals surface area contributed by atoms with Crippen molar-refractivity contribution in [2.45, 2.75) is 30.6 Å². The zero-order chi connectivity index (χ0) is 18.5. The van der Waals surface area contributed by atoms with E-state index in [2.05, 4.69) is 4.98 Å². The molecule has 2 aliphatic heterocycles. The number of hydrogen-bond acceptors (Lipinski definition) is 6. The average Bonchev–Trinajstić information content (AvgIpc) is 3.16. The molecule has 26 heavy (non-hydrogen) atoms. The molecule has 8 nitrogen and oxygen atoms in total. The molecule has 2 saturated heterocycles. The second-order valence-electron chi connectivity index (χ2n) is 6.01. The zero-order valence-corrected chi connectivity index (χ0v) is 13.9. The van der Waals surface area contributed by atoms with Crippen molar-refractivity contribution in [2.24, 2.45) is 0 Å². The summed E-state index contributed by atoms with van der Waals surface area (Å²) in [4.78, 5) is 25.3. The summed E-state index contributed by atoms with van der Waals surface area (Å²) in [6.07, 6.45) is -3.26. The number of aromatic nitrogens is 2. The maximum Gasteiger partial charge on any atom is 0.330 e. The largest absolute Gasteiger partial charge is 0.390 e. The number of aliphatic hydroxyl groups is 1. The number of benzene rings is 1. The summed E-state index contributed by atoms with van der Waals surface area (Å²) in [6.45, 7) is -0.987. The fourth-order valence-electron chi connectivity index (χ4n) is 3.10. The van der Waals surface area contributed by atoms with Crippen LogP contribution in [0.15, 0.2) is 46.1 Å². The van der Waals surface area contributed by atoms with Crippen LogP contribution in [-0.2, 0) is 14.2 Å². The Bertz CT molecular complexity index is 931. The predicted molar refractivity (Wildman–Crippen MR) is 86.3 cm³/mol. The molecule has 2 aromatic rings. The van der Waals surface area contributed by atoms with Gasteiger partial charge in [-0.25, -0.2) is 9.18 Å². The van der Waals surface area contributed by atoms with Crippen molar-refractivity contribution in [2.75, 3.05) is 6.61 Å². The number of nitrogens with one attached hydrogen (secondary N) is 1. The van der Waals surface area contributed by atoms with Gasteiger partial charge in [0.1, 0.15) is 12.7 Å². The first-order valence-electron chi connectivity index (χ1n) is 7.77. The van der Waals surface area contributed by atoms with Crippen LogP contribution in [0.4, 0.5) is 4.39 Å². The van der Waals surface area contributed by atoms with Crippen molar-refractivity contribution >= 4 is 11.6 Å². The van der Waals surface area contributed by atoms with Crippen LogP contribution in [0.1, 0.15) is 18.1 Å². The molecule has 0 radical (unpaired) electrons. The Morgan fingerprint density at radius 2 is 1.96 bits per heavy atom. The Labute approximate surface area is 150 Å². The van der Waals surface area contributed by atoms with Crippen molar-refractivity contribution in [1.29, 1.82) is 0 Å². The third-order valence-corrected chi connectivity index (χ3v) is 4.61. The molecule has 3 heterocycles. The van der Waals surface area contributed by atoms with Crippen LogP contribution in [0.3, 0.4) is 0 Å². The fourth-order valence-corrected chi connectivity index (χ4v) is 3.23. The topological polar surface area (TPSA) is 103 Å². The van der Waals surface area contributed by atoms with Gasteiger partial charge in [-0.2, -0.15) is 0 Å². The van der Waals surface area contributed by atoms with E-state index in [1.165, 1.54) is 6.20 Å². The van der Waals surface area contributed by atoms with Gasteiger partial charge in [0.05, 0.1) is 0 Å². The van der Waals surface area contributed by atoms with Crippen LogP contribution in [0, 0.1) is 0 Å². The van der Waals surface area contributed by atoms with Crippen LogP contribution in [-0.4, -0.2) is 39.3 Å². The molecule has 2 fully saturated rings. The molecule has 2 aliphatic rings. The van der Waals surface area contributed by atoms with Gasteiger partial charge in [0.15, 0.2) is 18.6 Å². The summed E-state index contributed by atoms with van der Waals surface area (Å²) in [5.41, 5.74) is -0.796. The van der Waals surface area contributed by atoms with Crippen molar-refractivity contribution in [3.63, 3.8) is 0 Å². The number of rotatable bonds is 3. The van der Waals surface area contributed by atoms with Gasteiger partial charge in [-0.05, 0) is 12.1 Å². The molecule has 5 atom stereocenters. The van der Waals surface area contributed by atoms with E-state index in [4.69, 9.17) is 25.8 Å². The van der Waals surface area contributed by atoms with E-state index >= 15 is 4.39 Å². The van der Waals surface area contributed by atoms with E-state index in [-0.39, 0.29) is 0 Å². The highest BCUT2D eigenvalue weighted by atomic mass is 35.5. The lowest BCUT2D eigenvalue weighted by Crippen LogP contribution is -2.41. The average molecular weight is 385 g/mol. The molecule has 0 aliphatic carbocycles. The van der Waals surface area contributed by atoms with Gasteiger partial charge in [-0.3, -0.25) is 14.3 Å². The van der Waals surface area contributed by atoms with Crippen LogP contribution < -0.4 is 11.2 Å². The molecule has 0 saturated carbocycles. The second-order valence-corrected chi connectivity index (χ2v) is 6.45. The summed E-state index contributed by atoms with van der Waals surface area (Å²) in [7, 11) is 0. The highest BCUT2D eigenvalue weighted by molar-refractivity contribution is 6.30. The van der Waals surface area contributed by atoms with E-state index in [1.807, 2.05) is 0 Å². The van der Waals surface area contributed by atoms with Crippen molar-refractivity contribution in [1.82, 2.24) is 9.55 Å². The van der Waals surface area contributed by atoms with Crippen LogP contribution in [0.2, 0.25) is 5.02 Å². The number of H-pyrrole nitrogens is 1. The molecule has 138 valence electrons. The summed E-state index contributed by atoms with van der Waals surface area (Å²) >= 11 is 5.85. The maximum absolute atomic E-state index is 15.0. The summed E-state index contributed by atoms with van der Waals surface area (Å²) < 4.78 is 32.6. The van der Waals surface area contributed by atoms with Gasteiger partial charge >= 0.3 is 5.69 Å². The number of alkyl halides is 1. The second kappa shape index (κ2) is 6.29. The highest BCUT2D eigenvalue weighted by Gasteiger charge is 2.63. The first-order valence-corrected chi connectivity index (χ1v) is 8.14. The van der Waals surface area contributed by atoms with Crippen molar-refractivity contribution < 1.29 is 23.7 Å². The van der Waals surface area contributed by atoms with Gasteiger partial charge < -0.3 is 19.3 Å². The van der Waals surface area contributed by atoms with E-state index in [0.717, 1.165) is 10.6 Å². The molecule has 0 spiro atoms. The lowest BCUT2D eigenvalue weighted by Gasteiger charge is -2.24. The number of fused-ring (bicyclic) bond motifs is 1. The van der Waals surface area contributed by atoms with Crippen molar-refractivity contribution in [3.05, 3.63) is 68.0 Å². The molecular weight excluding hydrogens is 371 g/mol. The number of aliphatic hydroxyl groups excluding tert-OH is 1. The summed E-state index contributed by atoms with van der Waals surface area (Å²) in [5.74, 6) is -2.56. The lowest BCUT2D eigenvalue weighted by atomic mass is 10.1. The number of ether oxygens (including phenoxy) is 3. The van der Waals surface area contributed by atoms with Crippen LogP contribution >= 0.6 is 11.6 Å². The molecule has 1 aromatic carbocycles. The molecule has 0 bridgehead atoms. The van der Waals surface area contributed by atoms with Crippen LogP contribution in [0.5, 0.6) is 0 Å². The summed E-state index contributed by atoms with van der Waals surface area (Å²) in [5, 5.41) is 9.96. The van der Waals surface area contributed by atoms with E-state index in [9.17, 15) is 14.7 Å². The van der Waals surface area contributed by atoms with Crippen LogP contribution in [0.25, 0.3) is 0 Å². The minimum absolute atomic E-state index is 0.517. The smallest absolute Gasteiger partial charge is 0.330 e. The fraction of sp³-hybridized carbons (Fsp3) is 0.375. The number of halogens is 2. The zero-order valence-electron chi connectivity index (χ0n) is 13.2. The van der Waals surface area contributed by atoms with Gasteiger partial charge in [0.2, 0.25) is 0 Å². The van der Waals surface area contributed by atoms with Crippen molar-refractivity contribution in [3.8, 4) is 0 Å². The maximum atomic E-state index is 15.0. The number of aromatic amines is 1. The molecule has 4 rings (SSSR count). The monoisotopic (exact) mass is 384 g/mol. The first-order chi connectivity index (χ1) is 12.4. The molecule has 0 amide bonds. The van der Waals surface area contributed by atoms with Gasteiger partial charge in [-0.1, -0.05) is 23.7 Å². The minimum Gasteiger partial charge on any atom is -0.390 e. The number of nitrogens with zero attached hydrogens (tertiary/aromatic N) is 1. The SMILES string of the molecule is O=c1ccn([C@@H]2O[C@](F)(CO)[C@H]3OC(c4ccc(Cl)cc4)O[C@@H]23)c(=O)[nH]1.